The fourth-order valence-corrected chi connectivity index (χ4v) is 5.90. The molecule has 5 rings (SSSR count). The van der Waals surface area contributed by atoms with E-state index >= 15 is 0 Å². The van der Waals surface area contributed by atoms with Crippen molar-refractivity contribution >= 4 is 23.2 Å². The van der Waals surface area contributed by atoms with Crippen LogP contribution in [0.25, 0.3) is 17.0 Å². The molecule has 7 N–H and O–H groups in total. The van der Waals surface area contributed by atoms with Crippen molar-refractivity contribution < 1.29 is 34.8 Å². The Morgan fingerprint density at radius 3 is 2.51 bits per heavy atom. The van der Waals surface area contributed by atoms with Crippen molar-refractivity contribution in [3.8, 4) is 17.0 Å². The smallest absolute Gasteiger partial charge is 0.255 e. The van der Waals surface area contributed by atoms with E-state index in [0.717, 1.165) is 0 Å². The Labute approximate surface area is 199 Å². The second kappa shape index (κ2) is 7.52. The summed E-state index contributed by atoms with van der Waals surface area (Å²) in [7, 11) is 3.11. The first-order chi connectivity index (χ1) is 16.5. The number of nitrogens with two attached hydrogens (primary N) is 1. The zero-order valence-corrected chi connectivity index (χ0v) is 18.9. The molecule has 11 nitrogen and oxygen atoms in total. The van der Waals surface area contributed by atoms with Gasteiger partial charge in [-0.25, -0.2) is 0 Å². The summed E-state index contributed by atoms with van der Waals surface area (Å²) >= 11 is 0. The first-order valence-electron chi connectivity index (χ1n) is 11.0. The molecule has 1 heterocycles. The Morgan fingerprint density at radius 1 is 1.20 bits per heavy atom. The maximum Gasteiger partial charge on any atom is 0.255 e. The highest BCUT2D eigenvalue weighted by Gasteiger charge is 2.64. The highest BCUT2D eigenvalue weighted by Crippen LogP contribution is 2.53. The second-order valence-corrected chi connectivity index (χ2v) is 9.42. The number of benzene rings is 1. The van der Waals surface area contributed by atoms with Crippen molar-refractivity contribution in [3.05, 3.63) is 52.4 Å². The number of carbonyl (C=O) groups excluding carboxylic acids is 3. The predicted molar refractivity (Wildman–Crippen MR) is 122 cm³/mol. The molecule has 1 aromatic carbocycles. The van der Waals surface area contributed by atoms with E-state index in [9.17, 15) is 34.8 Å². The van der Waals surface area contributed by atoms with E-state index in [4.69, 9.17) is 5.73 Å². The van der Waals surface area contributed by atoms with Gasteiger partial charge in [-0.05, 0) is 56.6 Å². The van der Waals surface area contributed by atoms with Crippen LogP contribution in [-0.2, 0) is 20.8 Å². The number of fused-ring (bicyclic) bond motifs is 3. The SMILES string of the molecule is CN(C)C1C(=O)C(C(N)=O)=C(O)C2(O)C(=O)C3=C(O)c4c(O)ccc(-c5ccn[nH]5)c4CC3CC12. The third-order valence-electron chi connectivity index (χ3n) is 7.40. The van der Waals surface area contributed by atoms with E-state index in [-0.39, 0.29) is 29.7 Å². The van der Waals surface area contributed by atoms with Crippen molar-refractivity contribution in [2.75, 3.05) is 14.1 Å². The lowest BCUT2D eigenvalue weighted by Crippen LogP contribution is -2.65. The van der Waals surface area contributed by atoms with Crippen LogP contribution in [0.4, 0.5) is 0 Å². The van der Waals surface area contributed by atoms with Crippen molar-refractivity contribution in [1.29, 1.82) is 0 Å². The molecule has 182 valence electrons. The van der Waals surface area contributed by atoms with Crippen LogP contribution in [0.15, 0.2) is 41.3 Å². The first-order valence-corrected chi connectivity index (χ1v) is 11.0. The number of aliphatic hydroxyl groups is 3. The summed E-state index contributed by atoms with van der Waals surface area (Å²) in [6.07, 6.45) is 1.80. The molecule has 4 atom stereocenters. The summed E-state index contributed by atoms with van der Waals surface area (Å²) in [4.78, 5) is 40.4. The van der Waals surface area contributed by atoms with Crippen LogP contribution < -0.4 is 5.73 Å². The summed E-state index contributed by atoms with van der Waals surface area (Å²) in [6.45, 7) is 0. The lowest BCUT2D eigenvalue weighted by atomic mass is 9.57. The minimum atomic E-state index is -2.65. The Hall–Kier alpha value is -3.96. The number of likely N-dealkylation sites (N-methyl/N-ethyl adjacent to an activating group) is 1. The van der Waals surface area contributed by atoms with Gasteiger partial charge in [-0.3, -0.25) is 24.4 Å². The average molecular weight is 480 g/mol. The van der Waals surface area contributed by atoms with Crippen molar-refractivity contribution in [2.24, 2.45) is 17.6 Å². The van der Waals surface area contributed by atoms with E-state index in [1.807, 2.05) is 0 Å². The van der Waals surface area contributed by atoms with Gasteiger partial charge in [-0.1, -0.05) is 0 Å². The van der Waals surface area contributed by atoms with Gasteiger partial charge < -0.3 is 26.2 Å². The Kier molecular flexibility index (Phi) is 4.90. The van der Waals surface area contributed by atoms with Crippen LogP contribution in [0.2, 0.25) is 0 Å². The number of aromatic nitrogens is 2. The van der Waals surface area contributed by atoms with Gasteiger partial charge in [0.2, 0.25) is 5.78 Å². The molecule has 4 unspecified atom stereocenters. The lowest BCUT2D eigenvalue weighted by molar-refractivity contribution is -0.153. The van der Waals surface area contributed by atoms with E-state index in [0.29, 0.717) is 16.8 Å². The van der Waals surface area contributed by atoms with E-state index in [1.54, 1.807) is 32.4 Å². The second-order valence-electron chi connectivity index (χ2n) is 9.42. The third-order valence-corrected chi connectivity index (χ3v) is 7.40. The van der Waals surface area contributed by atoms with Crippen molar-refractivity contribution in [3.63, 3.8) is 0 Å². The molecule has 35 heavy (non-hydrogen) atoms. The van der Waals surface area contributed by atoms with Gasteiger partial charge in [0.15, 0.2) is 11.4 Å². The van der Waals surface area contributed by atoms with Gasteiger partial charge >= 0.3 is 0 Å². The quantitative estimate of drug-likeness (QED) is 0.337. The van der Waals surface area contributed by atoms with Crippen molar-refractivity contribution in [1.82, 2.24) is 15.1 Å². The minimum Gasteiger partial charge on any atom is -0.508 e. The van der Waals surface area contributed by atoms with Gasteiger partial charge in [0.05, 0.1) is 17.3 Å². The summed E-state index contributed by atoms with van der Waals surface area (Å²) < 4.78 is 0. The molecule has 0 bridgehead atoms. The predicted octanol–water partition coefficient (Wildman–Crippen LogP) is 0.354. The van der Waals surface area contributed by atoms with E-state index < -0.39 is 58.0 Å². The number of nitrogens with one attached hydrogen (secondary N) is 1. The number of primary amides is 1. The van der Waals surface area contributed by atoms with Gasteiger partial charge in [0.25, 0.3) is 5.91 Å². The summed E-state index contributed by atoms with van der Waals surface area (Å²) in [5, 5.41) is 51.0. The fraction of sp³-hybridized carbons (Fsp3) is 0.333. The average Bonchev–Trinajstić information content (AvgIpc) is 3.30. The standard InChI is InChI=1S/C24H24N4O7/c1-28(2)18-12-8-9-7-11-10(13-5-6-26-27-13)3-4-14(29)16(11)19(30)15(9)21(32)24(12,35)22(33)17(20(18)31)23(25)34/h3-6,9,12,18,29-30,33,35H,7-8H2,1-2H3,(H2,25,34)(H,26,27). The van der Waals surface area contributed by atoms with Crippen LogP contribution in [0.3, 0.4) is 0 Å². The summed E-state index contributed by atoms with van der Waals surface area (Å²) in [6, 6.07) is 3.65. The molecule has 0 saturated heterocycles. The number of aromatic amines is 1. The van der Waals surface area contributed by atoms with Crippen LogP contribution in [-0.4, -0.2) is 78.7 Å². The molecule has 0 spiro atoms. The number of ketones is 2. The van der Waals surface area contributed by atoms with E-state index in [2.05, 4.69) is 10.2 Å². The van der Waals surface area contributed by atoms with Crippen LogP contribution in [0, 0.1) is 11.8 Å². The molecule has 0 radical (unpaired) electrons. The van der Waals surface area contributed by atoms with Gasteiger partial charge in [-0.2, -0.15) is 5.10 Å². The Bertz CT molecular complexity index is 1360. The molecule has 0 aliphatic heterocycles. The number of carbonyl (C=O) groups is 3. The maximum absolute atomic E-state index is 13.8. The number of hydrogen-bond acceptors (Lipinski definition) is 9. The zero-order chi connectivity index (χ0) is 25.4. The molecule has 2 aromatic rings. The highest BCUT2D eigenvalue weighted by molar-refractivity contribution is 6.24. The van der Waals surface area contributed by atoms with Gasteiger partial charge in [0.1, 0.15) is 22.8 Å². The summed E-state index contributed by atoms with van der Waals surface area (Å²) in [5.74, 6) is -6.75. The summed E-state index contributed by atoms with van der Waals surface area (Å²) in [5.41, 5.74) is 3.56. The number of aromatic hydroxyl groups is 1. The fourth-order valence-electron chi connectivity index (χ4n) is 5.90. The molecule has 1 amide bonds. The van der Waals surface area contributed by atoms with Gasteiger partial charge in [0, 0.05) is 23.3 Å². The molecule has 3 aliphatic carbocycles. The van der Waals surface area contributed by atoms with Gasteiger partial charge in [-0.15, -0.1) is 0 Å². The number of rotatable bonds is 3. The maximum atomic E-state index is 13.8. The molecule has 3 aliphatic rings. The van der Waals surface area contributed by atoms with Crippen LogP contribution >= 0.6 is 0 Å². The number of nitrogens with zero attached hydrogens (tertiary/aromatic N) is 2. The van der Waals surface area contributed by atoms with Crippen molar-refractivity contribution in [2.45, 2.75) is 24.5 Å². The number of phenolic OH excluding ortho intramolecular Hbond substituents is 1. The van der Waals surface area contributed by atoms with Crippen LogP contribution in [0.5, 0.6) is 5.75 Å². The Morgan fingerprint density at radius 2 is 1.91 bits per heavy atom. The number of Topliss-reactive ketones (excluding diaryl/α,β-unsaturated/α-hetero) is 2. The largest absolute Gasteiger partial charge is 0.508 e. The first kappa shape index (κ1) is 22.8. The van der Waals surface area contributed by atoms with Crippen LogP contribution in [0.1, 0.15) is 17.5 Å². The number of aliphatic hydroxyl groups excluding tert-OH is 2. The molecule has 11 heteroatoms. The lowest BCUT2D eigenvalue weighted by Gasteiger charge is -2.50. The molecule has 1 aromatic heterocycles. The normalized spacial score (nSPS) is 28.2. The monoisotopic (exact) mass is 480 g/mol. The third kappa shape index (κ3) is 2.91. The number of H-pyrrole nitrogens is 1. The topological polar surface area (TPSA) is 190 Å². The molecular formula is C24H24N4O7. The molecule has 1 fully saturated rings. The highest BCUT2D eigenvalue weighted by atomic mass is 16.3. The number of hydrogen-bond donors (Lipinski definition) is 6. The van der Waals surface area contributed by atoms with E-state index in [1.165, 1.54) is 11.0 Å². The number of amides is 1. The molecule has 1 saturated carbocycles. The molecular weight excluding hydrogens is 456 g/mol. The Balaban J connectivity index is 1.75. The number of phenols is 1. The minimum absolute atomic E-state index is 0.0316. The zero-order valence-electron chi connectivity index (χ0n) is 18.9.